The summed E-state index contributed by atoms with van der Waals surface area (Å²) in [6.07, 6.45) is -4.16. The topological polar surface area (TPSA) is 88.8 Å². The minimum Gasteiger partial charge on any atom is -0.369 e. The molecule has 2 heterocycles. The molecule has 7 nitrogen and oxygen atoms in total. The Hall–Kier alpha value is -2.39. The largest absolute Gasteiger partial charge is 0.433 e. The van der Waals surface area contributed by atoms with E-state index in [-0.39, 0.29) is 11.8 Å². The summed E-state index contributed by atoms with van der Waals surface area (Å²) in [7, 11) is 1.44. The highest BCUT2D eigenvalue weighted by Gasteiger charge is 2.33. The highest BCUT2D eigenvalue weighted by molar-refractivity contribution is 5.42. The Morgan fingerprint density at radius 2 is 2.00 bits per heavy atom. The summed E-state index contributed by atoms with van der Waals surface area (Å²) >= 11 is 0. The third-order valence-electron chi connectivity index (χ3n) is 2.45. The van der Waals surface area contributed by atoms with E-state index in [0.717, 1.165) is 6.07 Å². The fourth-order valence-electron chi connectivity index (χ4n) is 1.53. The fraction of sp³-hybridized carbons (Fsp3) is 0.455. The second kappa shape index (κ2) is 5.94. The summed E-state index contributed by atoms with van der Waals surface area (Å²) < 4.78 is 43.0. The molecule has 114 valence electrons. The Kier molecular flexibility index (Phi) is 4.24. The van der Waals surface area contributed by atoms with Crippen LogP contribution in [0, 0.1) is 6.92 Å². The van der Waals surface area contributed by atoms with E-state index in [9.17, 15) is 13.2 Å². The third kappa shape index (κ3) is 4.04. The molecule has 0 saturated carbocycles. The van der Waals surface area contributed by atoms with Gasteiger partial charge in [-0.25, -0.2) is 4.98 Å². The van der Waals surface area contributed by atoms with Gasteiger partial charge in [-0.3, -0.25) is 0 Å². The minimum atomic E-state index is -4.53. The number of aromatic nitrogens is 4. The summed E-state index contributed by atoms with van der Waals surface area (Å²) in [6, 6.07) is 0.847. The number of hydrogen-bond donors (Lipinski definition) is 2. The molecule has 0 unspecified atom stereocenters. The molecule has 0 bridgehead atoms. The quantitative estimate of drug-likeness (QED) is 0.871. The van der Waals surface area contributed by atoms with Crippen molar-refractivity contribution in [2.45, 2.75) is 19.5 Å². The lowest BCUT2D eigenvalue weighted by Gasteiger charge is -2.11. The Bertz CT molecular complexity index is 612. The number of aryl methyl sites for hydroxylation is 1. The Labute approximate surface area is 118 Å². The molecule has 2 aromatic heterocycles. The van der Waals surface area contributed by atoms with Crippen molar-refractivity contribution in [1.82, 2.24) is 20.1 Å². The van der Waals surface area contributed by atoms with Crippen molar-refractivity contribution >= 4 is 11.8 Å². The fourth-order valence-corrected chi connectivity index (χ4v) is 1.53. The zero-order chi connectivity index (χ0) is 15.5. The van der Waals surface area contributed by atoms with Gasteiger partial charge in [0.25, 0.3) is 0 Å². The van der Waals surface area contributed by atoms with Gasteiger partial charge in [-0.2, -0.15) is 23.1 Å². The SMILES string of the molecule is CNc1nc(NCCc2nc(C)no2)cc(C(F)(F)F)n1. The molecule has 0 aromatic carbocycles. The minimum absolute atomic E-state index is 0.0675. The van der Waals surface area contributed by atoms with Gasteiger partial charge in [0.1, 0.15) is 5.82 Å². The molecule has 2 rings (SSSR count). The molecule has 10 heteroatoms. The summed E-state index contributed by atoms with van der Waals surface area (Å²) in [5.74, 6) is 0.863. The molecule has 0 radical (unpaired) electrons. The van der Waals surface area contributed by atoms with Gasteiger partial charge >= 0.3 is 6.18 Å². The first-order valence-corrected chi connectivity index (χ1v) is 6.05. The van der Waals surface area contributed by atoms with Crippen LogP contribution in [0.1, 0.15) is 17.4 Å². The van der Waals surface area contributed by atoms with Crippen LogP contribution in [0.25, 0.3) is 0 Å². The first kappa shape index (κ1) is 15.0. The lowest BCUT2D eigenvalue weighted by Crippen LogP contribution is -2.14. The van der Waals surface area contributed by atoms with Crippen LogP contribution in [-0.2, 0) is 12.6 Å². The zero-order valence-electron chi connectivity index (χ0n) is 11.3. The lowest BCUT2D eigenvalue weighted by atomic mass is 10.3. The van der Waals surface area contributed by atoms with Crippen LogP contribution in [-0.4, -0.2) is 33.7 Å². The second-order valence-electron chi connectivity index (χ2n) is 4.12. The van der Waals surface area contributed by atoms with Crippen LogP contribution in [0.15, 0.2) is 10.6 Å². The number of nitrogens with zero attached hydrogens (tertiary/aromatic N) is 4. The Morgan fingerprint density at radius 1 is 1.24 bits per heavy atom. The monoisotopic (exact) mass is 302 g/mol. The van der Waals surface area contributed by atoms with E-state index in [1.165, 1.54) is 7.05 Å². The van der Waals surface area contributed by atoms with Gasteiger partial charge in [0.05, 0.1) is 0 Å². The second-order valence-corrected chi connectivity index (χ2v) is 4.12. The molecule has 0 aliphatic carbocycles. The average Bonchev–Trinajstić information content (AvgIpc) is 2.83. The van der Waals surface area contributed by atoms with Gasteiger partial charge in [0, 0.05) is 26.1 Å². The normalized spacial score (nSPS) is 11.5. The number of anilines is 2. The molecule has 0 amide bonds. The van der Waals surface area contributed by atoms with Crippen molar-refractivity contribution in [2.75, 3.05) is 24.2 Å². The van der Waals surface area contributed by atoms with E-state index in [1.807, 2.05) is 0 Å². The highest BCUT2D eigenvalue weighted by Crippen LogP contribution is 2.29. The van der Waals surface area contributed by atoms with E-state index < -0.39 is 11.9 Å². The van der Waals surface area contributed by atoms with Crippen molar-refractivity contribution in [1.29, 1.82) is 0 Å². The average molecular weight is 302 g/mol. The van der Waals surface area contributed by atoms with Gasteiger partial charge < -0.3 is 15.2 Å². The van der Waals surface area contributed by atoms with Gasteiger partial charge in [-0.05, 0) is 6.92 Å². The molecular weight excluding hydrogens is 289 g/mol. The third-order valence-corrected chi connectivity index (χ3v) is 2.45. The van der Waals surface area contributed by atoms with Crippen LogP contribution in [0.4, 0.5) is 24.9 Å². The maximum atomic E-state index is 12.7. The van der Waals surface area contributed by atoms with Gasteiger partial charge in [-0.15, -0.1) is 0 Å². The van der Waals surface area contributed by atoms with Crippen LogP contribution in [0.3, 0.4) is 0 Å². The molecule has 2 aromatic rings. The molecule has 21 heavy (non-hydrogen) atoms. The van der Waals surface area contributed by atoms with E-state index in [2.05, 4.69) is 30.7 Å². The summed E-state index contributed by atoms with van der Waals surface area (Å²) in [5, 5.41) is 8.88. The van der Waals surface area contributed by atoms with Crippen molar-refractivity contribution in [3.05, 3.63) is 23.5 Å². The van der Waals surface area contributed by atoms with Crippen molar-refractivity contribution < 1.29 is 17.7 Å². The maximum Gasteiger partial charge on any atom is 0.433 e. The van der Waals surface area contributed by atoms with Crippen LogP contribution in [0.2, 0.25) is 0 Å². The number of rotatable bonds is 5. The first-order valence-electron chi connectivity index (χ1n) is 6.05. The van der Waals surface area contributed by atoms with E-state index in [1.54, 1.807) is 6.92 Å². The maximum absolute atomic E-state index is 12.7. The number of alkyl halides is 3. The highest BCUT2D eigenvalue weighted by atomic mass is 19.4. The zero-order valence-corrected chi connectivity index (χ0v) is 11.3. The van der Waals surface area contributed by atoms with Gasteiger partial charge in [0.2, 0.25) is 11.8 Å². The molecule has 0 atom stereocenters. The molecule has 2 N–H and O–H groups in total. The van der Waals surface area contributed by atoms with Crippen molar-refractivity contribution in [2.24, 2.45) is 0 Å². The predicted octanol–water partition coefficient (Wildman–Crippen LogP) is 1.88. The smallest absolute Gasteiger partial charge is 0.369 e. The van der Waals surface area contributed by atoms with Gasteiger partial charge in [0.15, 0.2) is 11.5 Å². The van der Waals surface area contributed by atoms with Crippen molar-refractivity contribution in [3.63, 3.8) is 0 Å². The molecule has 0 fully saturated rings. The molecule has 0 aliphatic rings. The Morgan fingerprint density at radius 3 is 2.57 bits per heavy atom. The summed E-state index contributed by atoms with van der Waals surface area (Å²) in [6.45, 7) is 1.98. The first-order chi connectivity index (χ1) is 9.88. The molecule has 0 saturated heterocycles. The molecule has 0 spiro atoms. The Balaban J connectivity index is 2.05. The number of nitrogens with one attached hydrogen (secondary N) is 2. The molecule has 0 aliphatic heterocycles. The van der Waals surface area contributed by atoms with Crippen molar-refractivity contribution in [3.8, 4) is 0 Å². The van der Waals surface area contributed by atoms with E-state index >= 15 is 0 Å². The van der Waals surface area contributed by atoms with E-state index in [0.29, 0.717) is 24.7 Å². The molecular formula is C11H13F3N6O. The van der Waals surface area contributed by atoms with Crippen LogP contribution >= 0.6 is 0 Å². The lowest BCUT2D eigenvalue weighted by molar-refractivity contribution is -0.141. The number of hydrogen-bond acceptors (Lipinski definition) is 7. The number of halogens is 3. The van der Waals surface area contributed by atoms with Crippen LogP contribution in [0.5, 0.6) is 0 Å². The predicted molar refractivity (Wildman–Crippen MR) is 67.8 cm³/mol. The van der Waals surface area contributed by atoms with E-state index in [4.69, 9.17) is 4.52 Å². The summed E-state index contributed by atoms with van der Waals surface area (Å²) in [4.78, 5) is 11.3. The standard InChI is InChI=1S/C11H13F3N6O/c1-6-17-9(21-20-6)3-4-16-8-5-7(11(12,13)14)18-10(15-2)19-8/h5H,3-4H2,1-2H3,(H2,15,16,18,19). The van der Waals surface area contributed by atoms with Crippen LogP contribution < -0.4 is 10.6 Å². The summed E-state index contributed by atoms with van der Waals surface area (Å²) in [5.41, 5.74) is -1.02. The van der Waals surface area contributed by atoms with Gasteiger partial charge in [-0.1, -0.05) is 5.16 Å².